The molecule has 1 saturated heterocycles. The Morgan fingerprint density at radius 1 is 1.35 bits per heavy atom. The summed E-state index contributed by atoms with van der Waals surface area (Å²) in [6.45, 7) is 7.77. The maximum absolute atomic E-state index is 3.65. The summed E-state index contributed by atoms with van der Waals surface area (Å²) in [6.07, 6.45) is 0. The Morgan fingerprint density at radius 2 is 2.12 bits per heavy atom. The van der Waals surface area contributed by atoms with Gasteiger partial charge in [0.1, 0.15) is 0 Å². The molecule has 0 bridgehead atoms. The monoisotopic (exact) mass is 360 g/mol. The summed E-state index contributed by atoms with van der Waals surface area (Å²) in [5.41, 5.74) is 1.29. The first-order valence-electron chi connectivity index (χ1n) is 6.01. The van der Waals surface area contributed by atoms with E-state index < -0.39 is 0 Å². The molecule has 2 nitrogen and oxygen atoms in total. The lowest BCUT2D eigenvalue weighted by atomic mass is 10.0. The van der Waals surface area contributed by atoms with Gasteiger partial charge in [0.25, 0.3) is 0 Å². The molecule has 1 aliphatic heterocycles. The quantitative estimate of drug-likeness (QED) is 0.864. The topological polar surface area (TPSA) is 15.3 Å². The Balaban J connectivity index is 2.16. The summed E-state index contributed by atoms with van der Waals surface area (Å²) < 4.78 is 2.28. The van der Waals surface area contributed by atoms with Crippen molar-refractivity contribution >= 4 is 37.5 Å². The second-order valence-corrected chi connectivity index (χ2v) is 6.62. The summed E-state index contributed by atoms with van der Waals surface area (Å²) in [7, 11) is 0. The largest absolute Gasteiger partial charge is 0.368 e. The van der Waals surface area contributed by atoms with E-state index in [-0.39, 0.29) is 0 Å². The van der Waals surface area contributed by atoms with Gasteiger partial charge in [0, 0.05) is 34.6 Å². The smallest absolute Gasteiger partial charge is 0.0512 e. The van der Waals surface area contributed by atoms with Crippen LogP contribution in [0, 0.1) is 5.92 Å². The van der Waals surface area contributed by atoms with Crippen LogP contribution in [0.2, 0.25) is 0 Å². The molecule has 0 spiro atoms. The maximum Gasteiger partial charge on any atom is 0.0512 e. The molecule has 1 aromatic carbocycles. The van der Waals surface area contributed by atoms with E-state index in [1.165, 1.54) is 5.69 Å². The molecule has 1 atom stereocenters. The van der Waals surface area contributed by atoms with Gasteiger partial charge in [0.15, 0.2) is 0 Å². The van der Waals surface area contributed by atoms with E-state index in [1.54, 1.807) is 0 Å². The van der Waals surface area contributed by atoms with Crippen LogP contribution in [0.4, 0.5) is 5.69 Å². The molecule has 0 radical (unpaired) electrons. The minimum Gasteiger partial charge on any atom is -0.368 e. The summed E-state index contributed by atoms with van der Waals surface area (Å²) in [6, 6.07) is 6.98. The molecule has 17 heavy (non-hydrogen) atoms. The molecular formula is C13H18Br2N2. The van der Waals surface area contributed by atoms with Crippen LogP contribution in [0.3, 0.4) is 0 Å². The fraction of sp³-hybridized carbons (Fsp3) is 0.538. The first-order chi connectivity index (χ1) is 8.08. The van der Waals surface area contributed by atoms with Crippen LogP contribution in [-0.4, -0.2) is 25.7 Å². The number of rotatable bonds is 2. The minimum absolute atomic E-state index is 0.583. The zero-order valence-electron chi connectivity index (χ0n) is 10.2. The van der Waals surface area contributed by atoms with E-state index in [2.05, 4.69) is 74.1 Å². The lowest BCUT2D eigenvalue weighted by Crippen LogP contribution is -2.53. The first-order valence-corrected chi connectivity index (χ1v) is 7.60. The van der Waals surface area contributed by atoms with Crippen molar-refractivity contribution in [2.24, 2.45) is 5.92 Å². The Kier molecular flexibility index (Phi) is 4.50. The molecule has 1 fully saturated rings. The summed E-state index contributed by atoms with van der Waals surface area (Å²) in [5.74, 6) is 0.673. The normalized spacial score (nSPS) is 21.0. The Bertz CT molecular complexity index is 393. The van der Waals surface area contributed by atoms with Gasteiger partial charge in [-0.05, 0) is 40.0 Å². The third kappa shape index (κ3) is 3.24. The molecule has 0 amide bonds. The van der Waals surface area contributed by atoms with Crippen molar-refractivity contribution in [1.82, 2.24) is 5.32 Å². The van der Waals surface area contributed by atoms with E-state index >= 15 is 0 Å². The van der Waals surface area contributed by atoms with Gasteiger partial charge in [-0.15, -0.1) is 0 Å². The summed E-state index contributed by atoms with van der Waals surface area (Å²) >= 11 is 7.14. The molecule has 1 unspecified atom stereocenters. The number of halogens is 2. The number of benzene rings is 1. The molecule has 0 aromatic heterocycles. The third-order valence-electron chi connectivity index (χ3n) is 3.26. The average molecular weight is 362 g/mol. The Labute approximate surface area is 120 Å². The fourth-order valence-electron chi connectivity index (χ4n) is 2.18. The van der Waals surface area contributed by atoms with Crippen molar-refractivity contribution in [2.75, 3.05) is 24.5 Å². The molecule has 1 aromatic rings. The molecule has 0 aliphatic carbocycles. The SMILES string of the molecule is CC(C)C1CN(c2ccc(Br)cc2Br)CCN1. The zero-order chi connectivity index (χ0) is 12.4. The van der Waals surface area contributed by atoms with Gasteiger partial charge in [-0.2, -0.15) is 0 Å². The van der Waals surface area contributed by atoms with Gasteiger partial charge in [-0.25, -0.2) is 0 Å². The van der Waals surface area contributed by atoms with Crippen LogP contribution in [0.5, 0.6) is 0 Å². The van der Waals surface area contributed by atoms with Crippen molar-refractivity contribution in [1.29, 1.82) is 0 Å². The molecule has 0 saturated carbocycles. The van der Waals surface area contributed by atoms with Crippen LogP contribution in [0.25, 0.3) is 0 Å². The number of nitrogens with zero attached hydrogens (tertiary/aromatic N) is 1. The highest BCUT2D eigenvalue weighted by atomic mass is 79.9. The Morgan fingerprint density at radius 3 is 2.76 bits per heavy atom. The molecular weight excluding hydrogens is 344 g/mol. The summed E-state index contributed by atoms with van der Waals surface area (Å²) in [4.78, 5) is 2.46. The third-order valence-corrected chi connectivity index (χ3v) is 4.39. The predicted octanol–water partition coefficient (Wildman–Crippen LogP) is 3.65. The zero-order valence-corrected chi connectivity index (χ0v) is 13.4. The van der Waals surface area contributed by atoms with Crippen molar-refractivity contribution in [3.8, 4) is 0 Å². The van der Waals surface area contributed by atoms with Crippen molar-refractivity contribution < 1.29 is 0 Å². The van der Waals surface area contributed by atoms with Crippen molar-refractivity contribution in [3.05, 3.63) is 27.1 Å². The molecule has 2 rings (SSSR count). The van der Waals surface area contributed by atoms with Gasteiger partial charge in [0.2, 0.25) is 0 Å². The van der Waals surface area contributed by atoms with Crippen molar-refractivity contribution in [2.45, 2.75) is 19.9 Å². The van der Waals surface area contributed by atoms with Crippen LogP contribution >= 0.6 is 31.9 Å². The number of nitrogens with one attached hydrogen (secondary N) is 1. The standard InChI is InChI=1S/C13H18Br2N2/c1-9(2)12-8-17(6-5-16-12)13-4-3-10(14)7-11(13)15/h3-4,7,9,12,16H,5-6,8H2,1-2H3. The highest BCUT2D eigenvalue weighted by Crippen LogP contribution is 2.30. The minimum atomic E-state index is 0.583. The van der Waals surface area contributed by atoms with E-state index in [0.29, 0.717) is 12.0 Å². The maximum atomic E-state index is 3.65. The van der Waals surface area contributed by atoms with Crippen LogP contribution in [0.1, 0.15) is 13.8 Å². The van der Waals surface area contributed by atoms with E-state index in [4.69, 9.17) is 0 Å². The molecule has 1 N–H and O–H groups in total. The highest BCUT2D eigenvalue weighted by molar-refractivity contribution is 9.11. The molecule has 1 aliphatic rings. The van der Waals surface area contributed by atoms with Crippen LogP contribution in [-0.2, 0) is 0 Å². The lowest BCUT2D eigenvalue weighted by Gasteiger charge is -2.37. The van der Waals surface area contributed by atoms with Gasteiger partial charge in [-0.1, -0.05) is 29.8 Å². The number of anilines is 1. The van der Waals surface area contributed by atoms with Crippen molar-refractivity contribution in [3.63, 3.8) is 0 Å². The van der Waals surface area contributed by atoms with Gasteiger partial charge < -0.3 is 10.2 Å². The highest BCUT2D eigenvalue weighted by Gasteiger charge is 2.22. The number of hydrogen-bond acceptors (Lipinski definition) is 2. The second kappa shape index (κ2) is 5.72. The first kappa shape index (κ1) is 13.4. The average Bonchev–Trinajstić information content (AvgIpc) is 2.29. The predicted molar refractivity (Wildman–Crippen MR) is 80.7 cm³/mol. The molecule has 1 heterocycles. The van der Waals surface area contributed by atoms with E-state index in [9.17, 15) is 0 Å². The van der Waals surface area contributed by atoms with E-state index in [0.717, 1.165) is 28.6 Å². The van der Waals surface area contributed by atoms with Gasteiger partial charge in [-0.3, -0.25) is 0 Å². The number of piperazine rings is 1. The van der Waals surface area contributed by atoms with Crippen LogP contribution in [0.15, 0.2) is 27.1 Å². The van der Waals surface area contributed by atoms with Gasteiger partial charge >= 0.3 is 0 Å². The summed E-state index contributed by atoms with van der Waals surface area (Å²) in [5, 5.41) is 3.58. The van der Waals surface area contributed by atoms with Crippen LogP contribution < -0.4 is 10.2 Å². The molecule has 94 valence electrons. The fourth-order valence-corrected chi connectivity index (χ4v) is 3.48. The lowest BCUT2D eigenvalue weighted by molar-refractivity contribution is 0.368. The number of hydrogen-bond donors (Lipinski definition) is 1. The Hall–Kier alpha value is -0.0600. The second-order valence-electron chi connectivity index (χ2n) is 4.85. The molecule has 4 heteroatoms. The van der Waals surface area contributed by atoms with E-state index in [1.807, 2.05) is 0 Å². The van der Waals surface area contributed by atoms with Gasteiger partial charge in [0.05, 0.1) is 5.69 Å².